The molecular weight excluding hydrogens is 362 g/mol. The van der Waals surface area contributed by atoms with E-state index < -0.39 is 10.0 Å². The second-order valence-corrected chi connectivity index (χ2v) is 8.90. The Labute approximate surface area is 162 Å². The van der Waals surface area contributed by atoms with Crippen LogP contribution in [0.5, 0.6) is 11.5 Å². The van der Waals surface area contributed by atoms with Crippen LogP contribution in [0.4, 0.5) is 0 Å². The second-order valence-electron chi connectivity index (χ2n) is 6.96. The van der Waals surface area contributed by atoms with Crippen molar-refractivity contribution >= 4 is 10.0 Å². The first-order chi connectivity index (χ1) is 13.0. The fourth-order valence-corrected chi connectivity index (χ4v) is 5.24. The van der Waals surface area contributed by atoms with Crippen molar-refractivity contribution in [3.8, 4) is 11.5 Å². The zero-order chi connectivity index (χ0) is 19.4. The van der Waals surface area contributed by atoms with Crippen molar-refractivity contribution in [3.63, 3.8) is 0 Å². The van der Waals surface area contributed by atoms with E-state index in [0.717, 1.165) is 36.1 Å². The molecule has 0 saturated carbocycles. The predicted molar refractivity (Wildman–Crippen MR) is 106 cm³/mol. The van der Waals surface area contributed by atoms with Gasteiger partial charge in [-0.05, 0) is 67.1 Å². The van der Waals surface area contributed by atoms with Gasteiger partial charge >= 0.3 is 0 Å². The van der Waals surface area contributed by atoms with Gasteiger partial charge in [-0.3, -0.25) is 0 Å². The highest BCUT2D eigenvalue weighted by molar-refractivity contribution is 7.89. The molecule has 5 nitrogen and oxygen atoms in total. The van der Waals surface area contributed by atoms with Crippen molar-refractivity contribution in [1.82, 2.24) is 4.31 Å². The standard InChI is InChI=1S/C21H27NO4S/c1-16-14-20(11-12-21(16)26-3)27(23,24)22-13-5-4-6-18(15-22)17-7-9-19(25-2)10-8-17/h7-12,14,18H,4-6,13,15H2,1-3H3. The number of ether oxygens (including phenoxy) is 2. The summed E-state index contributed by atoms with van der Waals surface area (Å²) in [4.78, 5) is 0.330. The van der Waals surface area contributed by atoms with E-state index in [9.17, 15) is 8.42 Å². The Hall–Kier alpha value is -2.05. The summed E-state index contributed by atoms with van der Waals surface area (Å²) >= 11 is 0. The maximum atomic E-state index is 13.2. The van der Waals surface area contributed by atoms with Gasteiger partial charge < -0.3 is 9.47 Å². The summed E-state index contributed by atoms with van der Waals surface area (Å²) in [5.41, 5.74) is 1.98. The van der Waals surface area contributed by atoms with Crippen LogP contribution in [-0.4, -0.2) is 40.0 Å². The molecule has 0 bridgehead atoms. The van der Waals surface area contributed by atoms with Crippen LogP contribution in [0.15, 0.2) is 47.4 Å². The molecule has 1 aliphatic rings. The van der Waals surface area contributed by atoms with Crippen LogP contribution in [-0.2, 0) is 10.0 Å². The van der Waals surface area contributed by atoms with E-state index in [4.69, 9.17) is 9.47 Å². The van der Waals surface area contributed by atoms with Gasteiger partial charge in [0.2, 0.25) is 10.0 Å². The number of aryl methyl sites for hydroxylation is 1. The number of sulfonamides is 1. The zero-order valence-corrected chi connectivity index (χ0v) is 17.0. The van der Waals surface area contributed by atoms with Gasteiger partial charge in [0.15, 0.2) is 0 Å². The molecule has 0 amide bonds. The van der Waals surface area contributed by atoms with Crippen molar-refractivity contribution in [2.75, 3.05) is 27.3 Å². The summed E-state index contributed by atoms with van der Waals surface area (Å²) in [5.74, 6) is 1.69. The van der Waals surface area contributed by atoms with Gasteiger partial charge in [-0.15, -0.1) is 0 Å². The summed E-state index contributed by atoms with van der Waals surface area (Å²) in [5, 5.41) is 0. The Balaban J connectivity index is 1.86. The molecule has 1 heterocycles. The van der Waals surface area contributed by atoms with Crippen molar-refractivity contribution in [3.05, 3.63) is 53.6 Å². The van der Waals surface area contributed by atoms with Crippen molar-refractivity contribution in [2.45, 2.75) is 37.0 Å². The highest BCUT2D eigenvalue weighted by Gasteiger charge is 2.30. The highest BCUT2D eigenvalue weighted by Crippen LogP contribution is 2.31. The van der Waals surface area contributed by atoms with E-state index in [1.54, 1.807) is 36.7 Å². The number of nitrogens with zero attached hydrogens (tertiary/aromatic N) is 1. The largest absolute Gasteiger partial charge is 0.497 e. The van der Waals surface area contributed by atoms with E-state index in [1.165, 1.54) is 0 Å². The molecule has 0 radical (unpaired) electrons. The molecule has 1 atom stereocenters. The SMILES string of the molecule is COc1ccc(C2CCCCN(S(=O)(=O)c3ccc(OC)c(C)c3)C2)cc1. The van der Waals surface area contributed by atoms with Crippen LogP contribution in [0.3, 0.4) is 0 Å². The maximum absolute atomic E-state index is 13.2. The van der Waals surface area contributed by atoms with Crippen molar-refractivity contribution in [2.24, 2.45) is 0 Å². The minimum atomic E-state index is -3.53. The third-order valence-corrected chi connectivity index (χ3v) is 7.09. The molecule has 1 aliphatic heterocycles. The average Bonchev–Trinajstić information content (AvgIpc) is 2.95. The smallest absolute Gasteiger partial charge is 0.243 e. The lowest BCUT2D eigenvalue weighted by molar-refractivity contribution is 0.403. The molecule has 0 aromatic heterocycles. The molecule has 1 unspecified atom stereocenters. The molecule has 0 aliphatic carbocycles. The van der Waals surface area contributed by atoms with E-state index in [0.29, 0.717) is 23.7 Å². The molecule has 0 spiro atoms. The molecule has 2 aromatic rings. The van der Waals surface area contributed by atoms with Gasteiger partial charge in [0.05, 0.1) is 19.1 Å². The van der Waals surface area contributed by atoms with Gasteiger partial charge in [-0.25, -0.2) is 8.42 Å². The van der Waals surface area contributed by atoms with Gasteiger partial charge in [0, 0.05) is 13.1 Å². The van der Waals surface area contributed by atoms with Crippen LogP contribution >= 0.6 is 0 Å². The fourth-order valence-electron chi connectivity index (χ4n) is 3.63. The summed E-state index contributed by atoms with van der Waals surface area (Å²) in [6.45, 7) is 2.92. The van der Waals surface area contributed by atoms with Crippen LogP contribution in [0.25, 0.3) is 0 Å². The number of methoxy groups -OCH3 is 2. The topological polar surface area (TPSA) is 55.8 Å². The van der Waals surface area contributed by atoms with Crippen LogP contribution < -0.4 is 9.47 Å². The van der Waals surface area contributed by atoms with Crippen molar-refractivity contribution in [1.29, 1.82) is 0 Å². The van der Waals surface area contributed by atoms with E-state index in [1.807, 2.05) is 31.2 Å². The first kappa shape index (κ1) is 19.7. The highest BCUT2D eigenvalue weighted by atomic mass is 32.2. The zero-order valence-electron chi connectivity index (χ0n) is 16.1. The third kappa shape index (κ3) is 4.28. The van der Waals surface area contributed by atoms with Gasteiger partial charge in [0.25, 0.3) is 0 Å². The lowest BCUT2D eigenvalue weighted by Crippen LogP contribution is -2.34. The normalized spacial score (nSPS) is 18.7. The number of hydrogen-bond donors (Lipinski definition) is 0. The Morgan fingerprint density at radius 2 is 1.74 bits per heavy atom. The summed E-state index contributed by atoms with van der Waals surface area (Å²) in [6, 6.07) is 13.0. The number of rotatable bonds is 5. The lowest BCUT2D eigenvalue weighted by Gasteiger charge is -2.24. The Kier molecular flexibility index (Phi) is 6.07. The predicted octanol–water partition coefficient (Wildman–Crippen LogP) is 3.97. The van der Waals surface area contributed by atoms with Gasteiger partial charge in [-0.1, -0.05) is 18.6 Å². The molecule has 27 heavy (non-hydrogen) atoms. The van der Waals surface area contributed by atoms with Crippen molar-refractivity contribution < 1.29 is 17.9 Å². The number of benzene rings is 2. The van der Waals surface area contributed by atoms with Gasteiger partial charge in [-0.2, -0.15) is 4.31 Å². The summed E-state index contributed by atoms with van der Waals surface area (Å²) in [7, 11) is -0.301. The Morgan fingerprint density at radius 3 is 2.37 bits per heavy atom. The van der Waals surface area contributed by atoms with E-state index in [-0.39, 0.29) is 5.92 Å². The van der Waals surface area contributed by atoms with Crippen LogP contribution in [0, 0.1) is 6.92 Å². The molecular formula is C21H27NO4S. The molecule has 3 rings (SSSR count). The molecule has 6 heteroatoms. The minimum absolute atomic E-state index is 0.188. The fraction of sp³-hybridized carbons (Fsp3) is 0.429. The average molecular weight is 390 g/mol. The quantitative estimate of drug-likeness (QED) is 0.776. The van der Waals surface area contributed by atoms with E-state index >= 15 is 0 Å². The lowest BCUT2D eigenvalue weighted by atomic mass is 9.94. The second kappa shape index (κ2) is 8.31. The van der Waals surface area contributed by atoms with Crippen LogP contribution in [0.2, 0.25) is 0 Å². The summed E-state index contributed by atoms with van der Waals surface area (Å²) < 4.78 is 38.6. The minimum Gasteiger partial charge on any atom is -0.497 e. The first-order valence-electron chi connectivity index (χ1n) is 9.24. The first-order valence-corrected chi connectivity index (χ1v) is 10.7. The van der Waals surface area contributed by atoms with Gasteiger partial charge in [0.1, 0.15) is 11.5 Å². The number of hydrogen-bond acceptors (Lipinski definition) is 4. The maximum Gasteiger partial charge on any atom is 0.243 e. The molecule has 0 N–H and O–H groups in total. The molecule has 146 valence electrons. The third-order valence-electron chi connectivity index (χ3n) is 5.23. The Bertz CT molecular complexity index is 878. The molecule has 2 aromatic carbocycles. The monoisotopic (exact) mass is 389 g/mol. The molecule has 1 saturated heterocycles. The van der Waals surface area contributed by atoms with E-state index in [2.05, 4.69) is 0 Å². The Morgan fingerprint density at radius 1 is 1.00 bits per heavy atom. The summed E-state index contributed by atoms with van der Waals surface area (Å²) in [6.07, 6.45) is 2.88. The van der Waals surface area contributed by atoms with Crippen LogP contribution in [0.1, 0.15) is 36.3 Å². The molecule has 1 fully saturated rings.